The molecule has 3 heterocycles. The number of rotatable bonds is 1. The van der Waals surface area contributed by atoms with E-state index in [0.717, 1.165) is 20.4 Å². The van der Waals surface area contributed by atoms with Crippen LogP contribution in [-0.4, -0.2) is 19.9 Å². The Morgan fingerprint density at radius 1 is 1.12 bits per heavy atom. The predicted molar refractivity (Wildman–Crippen MR) is 69.8 cm³/mol. The Balaban J connectivity index is 2.25. The zero-order chi connectivity index (χ0) is 11.0. The smallest absolute Gasteiger partial charge is 0.181 e. The molecule has 0 saturated heterocycles. The first-order valence-electron chi connectivity index (χ1n) is 4.76. The van der Waals surface area contributed by atoms with Gasteiger partial charge in [-0.15, -0.1) is 0 Å². The van der Waals surface area contributed by atoms with Gasteiger partial charge >= 0.3 is 0 Å². The van der Waals surface area contributed by atoms with Crippen LogP contribution in [0.2, 0.25) is 0 Å². The first-order valence-corrected chi connectivity index (χ1v) is 5.84. The third-order valence-electron chi connectivity index (χ3n) is 2.26. The minimum absolute atomic E-state index is 0.653. The van der Waals surface area contributed by atoms with Crippen LogP contribution in [0.1, 0.15) is 0 Å². The van der Waals surface area contributed by atoms with E-state index in [1.807, 2.05) is 30.5 Å². The Morgan fingerprint density at radius 3 is 2.88 bits per heavy atom. The van der Waals surface area contributed by atoms with E-state index in [9.17, 15) is 0 Å². The number of H-pyrrole nitrogens is 1. The van der Waals surface area contributed by atoms with E-state index in [2.05, 4.69) is 42.5 Å². The molecule has 16 heavy (non-hydrogen) atoms. The average Bonchev–Trinajstić information content (AvgIpc) is 2.79. The van der Waals surface area contributed by atoms with Gasteiger partial charge in [-0.25, -0.2) is 9.97 Å². The molecule has 4 nitrogen and oxygen atoms in total. The molecule has 78 valence electrons. The molecule has 0 bridgehead atoms. The van der Waals surface area contributed by atoms with Crippen molar-refractivity contribution in [2.45, 2.75) is 0 Å². The minimum Gasteiger partial charge on any atom is -0.346 e. The summed E-state index contributed by atoms with van der Waals surface area (Å²) in [5.41, 5.74) is 1.64. The number of nitrogens with zero attached hydrogens (tertiary/aromatic N) is 3. The number of halogens is 1. The molecule has 0 radical (unpaired) electrons. The fourth-order valence-electron chi connectivity index (χ4n) is 1.51. The lowest BCUT2D eigenvalue weighted by Gasteiger charge is -2.00. The van der Waals surface area contributed by atoms with E-state index in [1.165, 1.54) is 0 Å². The van der Waals surface area contributed by atoms with Gasteiger partial charge in [0.1, 0.15) is 15.0 Å². The van der Waals surface area contributed by atoms with Crippen molar-refractivity contribution in [3.8, 4) is 11.5 Å². The van der Waals surface area contributed by atoms with Crippen molar-refractivity contribution in [3.05, 3.63) is 40.4 Å². The van der Waals surface area contributed by atoms with E-state index in [1.54, 1.807) is 6.20 Å². The number of nitrogens with one attached hydrogen (secondary N) is 1. The predicted octanol–water partition coefficient (Wildman–Crippen LogP) is 2.62. The van der Waals surface area contributed by atoms with Crippen LogP contribution < -0.4 is 0 Å². The van der Waals surface area contributed by atoms with Gasteiger partial charge in [0.25, 0.3) is 0 Å². The summed E-state index contributed by atoms with van der Waals surface area (Å²) in [6.45, 7) is 0. The van der Waals surface area contributed by atoms with Gasteiger partial charge in [0.05, 0.1) is 5.39 Å². The van der Waals surface area contributed by atoms with Gasteiger partial charge < -0.3 is 4.98 Å². The molecule has 3 aromatic heterocycles. The lowest BCUT2D eigenvalue weighted by molar-refractivity contribution is 1.14. The van der Waals surface area contributed by atoms with Crippen molar-refractivity contribution in [1.29, 1.82) is 0 Å². The summed E-state index contributed by atoms with van der Waals surface area (Å²) in [6.07, 6.45) is 3.61. The normalized spacial score (nSPS) is 10.8. The number of fused-ring (bicyclic) bond motifs is 1. The van der Waals surface area contributed by atoms with Crippen LogP contribution in [-0.2, 0) is 0 Å². The van der Waals surface area contributed by atoms with Crippen molar-refractivity contribution >= 4 is 33.6 Å². The highest BCUT2D eigenvalue weighted by Gasteiger charge is 2.08. The molecule has 0 aliphatic rings. The summed E-state index contributed by atoms with van der Waals surface area (Å²) >= 11 is 2.21. The molecule has 0 spiro atoms. The molecule has 0 aliphatic heterocycles. The van der Waals surface area contributed by atoms with Crippen molar-refractivity contribution in [2.24, 2.45) is 0 Å². The van der Waals surface area contributed by atoms with Crippen LogP contribution in [0.25, 0.3) is 22.6 Å². The van der Waals surface area contributed by atoms with Crippen molar-refractivity contribution < 1.29 is 0 Å². The molecule has 0 amide bonds. The Morgan fingerprint density at radius 2 is 2.06 bits per heavy atom. The number of hydrogen-bond donors (Lipinski definition) is 1. The molecule has 0 fully saturated rings. The van der Waals surface area contributed by atoms with Gasteiger partial charge in [-0.1, -0.05) is 6.07 Å². The van der Waals surface area contributed by atoms with E-state index in [0.29, 0.717) is 5.82 Å². The molecule has 0 aliphatic carbocycles. The summed E-state index contributed by atoms with van der Waals surface area (Å²) in [4.78, 5) is 16.2. The van der Waals surface area contributed by atoms with Crippen molar-refractivity contribution in [3.63, 3.8) is 0 Å². The van der Waals surface area contributed by atoms with Gasteiger partial charge in [-0.05, 0) is 40.8 Å². The highest BCUT2D eigenvalue weighted by molar-refractivity contribution is 14.1. The van der Waals surface area contributed by atoms with E-state index in [4.69, 9.17) is 0 Å². The number of aromatic nitrogens is 4. The van der Waals surface area contributed by atoms with E-state index >= 15 is 0 Å². The topological polar surface area (TPSA) is 54.5 Å². The molecule has 0 saturated carbocycles. The minimum atomic E-state index is 0.653. The Bertz CT molecular complexity index is 633. The highest BCUT2D eigenvalue weighted by Crippen LogP contribution is 2.20. The monoisotopic (exact) mass is 322 g/mol. The maximum atomic E-state index is 4.44. The lowest BCUT2D eigenvalue weighted by Crippen LogP contribution is -1.94. The maximum Gasteiger partial charge on any atom is 0.181 e. The van der Waals surface area contributed by atoms with Crippen LogP contribution in [0, 0.1) is 3.70 Å². The summed E-state index contributed by atoms with van der Waals surface area (Å²) in [7, 11) is 0. The molecule has 0 unspecified atom stereocenters. The van der Waals surface area contributed by atoms with Gasteiger partial charge in [0.2, 0.25) is 0 Å². The molecule has 0 aromatic carbocycles. The molecule has 5 heteroatoms. The second kappa shape index (κ2) is 3.82. The van der Waals surface area contributed by atoms with Gasteiger partial charge in [0.15, 0.2) is 5.82 Å². The third-order valence-corrected chi connectivity index (χ3v) is 3.09. The number of pyridine rings is 1. The van der Waals surface area contributed by atoms with Gasteiger partial charge in [-0.3, -0.25) is 4.98 Å². The number of hydrogen-bond acceptors (Lipinski definition) is 3. The zero-order valence-corrected chi connectivity index (χ0v) is 10.3. The Hall–Kier alpha value is -1.50. The van der Waals surface area contributed by atoms with E-state index in [-0.39, 0.29) is 0 Å². The van der Waals surface area contributed by atoms with Gasteiger partial charge in [0, 0.05) is 12.4 Å². The molecule has 1 N–H and O–H groups in total. The van der Waals surface area contributed by atoms with Crippen LogP contribution in [0.4, 0.5) is 0 Å². The van der Waals surface area contributed by atoms with Crippen molar-refractivity contribution in [2.75, 3.05) is 0 Å². The van der Waals surface area contributed by atoms with Crippen molar-refractivity contribution in [1.82, 2.24) is 19.9 Å². The molecule has 0 atom stereocenters. The molecular weight excluding hydrogens is 315 g/mol. The summed E-state index contributed by atoms with van der Waals surface area (Å²) in [6, 6.07) is 7.68. The van der Waals surface area contributed by atoms with Crippen LogP contribution in [0.3, 0.4) is 0 Å². The van der Waals surface area contributed by atoms with Gasteiger partial charge in [-0.2, -0.15) is 0 Å². The fraction of sp³-hybridized carbons (Fsp3) is 0. The first-order chi connectivity index (χ1) is 7.84. The van der Waals surface area contributed by atoms with Crippen LogP contribution >= 0.6 is 22.6 Å². The largest absolute Gasteiger partial charge is 0.346 e. The SMILES string of the molecule is Ic1nc(-c2ccccn2)nc2[nH]ccc12. The number of aromatic amines is 1. The lowest BCUT2D eigenvalue weighted by atomic mass is 10.3. The highest BCUT2D eigenvalue weighted by atomic mass is 127. The third kappa shape index (κ3) is 1.57. The van der Waals surface area contributed by atoms with E-state index < -0.39 is 0 Å². The molecular formula is C11H7IN4. The maximum absolute atomic E-state index is 4.44. The fourth-order valence-corrected chi connectivity index (χ4v) is 2.18. The second-order valence-corrected chi connectivity index (χ2v) is 4.31. The summed E-state index contributed by atoms with van der Waals surface area (Å²) < 4.78 is 0.935. The Labute approximate surface area is 105 Å². The van der Waals surface area contributed by atoms with Crippen LogP contribution in [0.5, 0.6) is 0 Å². The Kier molecular flexibility index (Phi) is 2.32. The molecule has 3 rings (SSSR count). The summed E-state index contributed by atoms with van der Waals surface area (Å²) in [5.74, 6) is 0.653. The summed E-state index contributed by atoms with van der Waals surface area (Å²) in [5, 5.41) is 1.04. The average molecular weight is 322 g/mol. The standard InChI is InChI=1S/C11H7IN4/c12-9-7-4-6-14-10(7)16-11(15-9)8-3-1-2-5-13-8/h1-6H,(H,14,15,16). The van der Waals surface area contributed by atoms with Crippen LogP contribution in [0.15, 0.2) is 36.7 Å². The molecule has 3 aromatic rings. The zero-order valence-electron chi connectivity index (χ0n) is 8.18. The second-order valence-electron chi connectivity index (χ2n) is 3.29. The first kappa shape index (κ1) is 9.71. The quantitative estimate of drug-likeness (QED) is 0.553.